The van der Waals surface area contributed by atoms with Crippen LogP contribution in [0.5, 0.6) is 0 Å². The van der Waals surface area contributed by atoms with Gasteiger partial charge in [-0.05, 0) is 42.4 Å². The van der Waals surface area contributed by atoms with E-state index in [0.717, 1.165) is 41.6 Å². The lowest BCUT2D eigenvalue weighted by molar-refractivity contribution is -0.173. The van der Waals surface area contributed by atoms with E-state index in [1.54, 1.807) is 30.5 Å². The Morgan fingerprint density at radius 3 is 2.51 bits per heavy atom. The van der Waals surface area contributed by atoms with Gasteiger partial charge in [-0.2, -0.15) is 18.3 Å². The van der Waals surface area contributed by atoms with Gasteiger partial charge in [0.1, 0.15) is 5.82 Å². The van der Waals surface area contributed by atoms with Crippen LogP contribution in [0.15, 0.2) is 60.9 Å². The van der Waals surface area contributed by atoms with E-state index in [1.165, 1.54) is 6.20 Å². The third-order valence-corrected chi connectivity index (χ3v) is 6.64. The molecule has 0 unspecified atom stereocenters. The summed E-state index contributed by atoms with van der Waals surface area (Å²) < 4.78 is 42.7. The summed E-state index contributed by atoms with van der Waals surface area (Å²) >= 11 is 0. The van der Waals surface area contributed by atoms with Crippen molar-refractivity contribution in [2.45, 2.75) is 70.6 Å². The number of ketones is 1. The summed E-state index contributed by atoms with van der Waals surface area (Å²) in [4.78, 5) is 17.6. The van der Waals surface area contributed by atoms with E-state index in [1.807, 2.05) is 38.1 Å². The normalized spacial score (nSPS) is 18.1. The van der Waals surface area contributed by atoms with Gasteiger partial charge in [0.25, 0.3) is 0 Å². The molecular formula is C27H31F3N4O. The maximum atomic E-state index is 13.9. The Bertz CT molecular complexity index is 1130. The molecule has 0 aliphatic carbocycles. The first kappa shape index (κ1) is 24.9. The second-order valence-corrected chi connectivity index (χ2v) is 10.0. The number of alkyl halides is 3. The minimum absolute atomic E-state index is 0.156. The molecule has 1 N–H and O–H groups in total. The Balaban J connectivity index is 1.45. The molecular weight excluding hydrogens is 453 g/mol. The van der Waals surface area contributed by atoms with Crippen LogP contribution in [0.3, 0.4) is 0 Å². The van der Waals surface area contributed by atoms with Crippen molar-refractivity contribution in [3.05, 3.63) is 77.7 Å². The zero-order chi connectivity index (χ0) is 25.1. The molecule has 1 aromatic carbocycles. The number of hydrogen-bond acceptors (Lipinski definition) is 4. The minimum Gasteiger partial charge on any atom is -0.363 e. The van der Waals surface area contributed by atoms with Gasteiger partial charge in [-0.25, -0.2) is 4.68 Å². The monoisotopic (exact) mass is 484 g/mol. The van der Waals surface area contributed by atoms with Crippen molar-refractivity contribution in [3.63, 3.8) is 0 Å². The average Bonchev–Trinajstić information content (AvgIpc) is 3.26. The van der Waals surface area contributed by atoms with E-state index in [4.69, 9.17) is 0 Å². The summed E-state index contributed by atoms with van der Waals surface area (Å²) in [6.07, 6.45) is 2.27. The van der Waals surface area contributed by atoms with Crippen LogP contribution in [0.1, 0.15) is 79.7 Å². The first-order chi connectivity index (χ1) is 16.6. The molecule has 2 atom stereocenters. The first-order valence-corrected chi connectivity index (χ1v) is 12.0. The molecule has 4 rings (SSSR count). The van der Waals surface area contributed by atoms with Crippen LogP contribution >= 0.6 is 0 Å². The average molecular weight is 485 g/mol. The van der Waals surface area contributed by atoms with Gasteiger partial charge in [0.2, 0.25) is 0 Å². The maximum absolute atomic E-state index is 13.9. The van der Waals surface area contributed by atoms with E-state index in [9.17, 15) is 18.0 Å². The second-order valence-electron chi connectivity index (χ2n) is 10.0. The highest BCUT2D eigenvalue weighted by Crippen LogP contribution is 2.44. The van der Waals surface area contributed by atoms with Gasteiger partial charge in [-0.1, -0.05) is 56.7 Å². The van der Waals surface area contributed by atoms with Gasteiger partial charge >= 0.3 is 6.18 Å². The van der Waals surface area contributed by atoms with Crippen molar-refractivity contribution in [1.82, 2.24) is 14.8 Å². The number of carbonyl (C=O) groups is 1. The van der Waals surface area contributed by atoms with Crippen molar-refractivity contribution in [3.8, 4) is 0 Å². The van der Waals surface area contributed by atoms with E-state index in [-0.39, 0.29) is 35.4 Å². The van der Waals surface area contributed by atoms with Crippen LogP contribution in [0.4, 0.5) is 19.0 Å². The van der Waals surface area contributed by atoms with Gasteiger partial charge in [0.05, 0.1) is 17.8 Å². The number of Topliss-reactive ketones (excluding diaryl/α,β-unsaturated/α-hetero) is 1. The fraction of sp³-hybridized carbons (Fsp3) is 0.444. The number of aromatic nitrogens is 3. The van der Waals surface area contributed by atoms with Crippen LogP contribution in [0, 0.1) is 5.41 Å². The minimum atomic E-state index is -4.47. The molecule has 0 bridgehead atoms. The zero-order valence-electron chi connectivity index (χ0n) is 20.1. The molecule has 0 fully saturated rings. The largest absolute Gasteiger partial charge is 0.410 e. The van der Waals surface area contributed by atoms with Crippen LogP contribution < -0.4 is 5.32 Å². The highest BCUT2D eigenvalue weighted by molar-refractivity contribution is 6.00. The molecule has 5 nitrogen and oxygen atoms in total. The summed E-state index contributed by atoms with van der Waals surface area (Å²) in [5.41, 5.74) is 1.74. The summed E-state index contributed by atoms with van der Waals surface area (Å²) in [5.74, 6) is -0.0357. The smallest absolute Gasteiger partial charge is 0.363 e. The number of fused-ring (bicyclic) bond motifs is 1. The Kier molecular flexibility index (Phi) is 7.28. The summed E-state index contributed by atoms with van der Waals surface area (Å²) in [5, 5.41) is 7.17. The SMILES string of the molecule is CC(C)(CCCCc1ccccn1)CC(=O)c1cnn2c1N[C@@H](c1ccccc1)C[C@H]2C(F)(F)F. The Morgan fingerprint density at radius 1 is 1.09 bits per heavy atom. The van der Waals surface area contributed by atoms with Gasteiger partial charge in [-0.15, -0.1) is 0 Å². The van der Waals surface area contributed by atoms with Crippen LogP contribution in [-0.4, -0.2) is 26.7 Å². The quantitative estimate of drug-likeness (QED) is 0.264. The van der Waals surface area contributed by atoms with Gasteiger partial charge in [0.15, 0.2) is 11.8 Å². The van der Waals surface area contributed by atoms with E-state index >= 15 is 0 Å². The lowest BCUT2D eigenvalue weighted by Gasteiger charge is -2.34. The maximum Gasteiger partial charge on any atom is 0.410 e. The van der Waals surface area contributed by atoms with E-state index in [2.05, 4.69) is 15.4 Å². The standard InChI is InChI=1S/C27H31F3N4O/c1-26(2,14-8-6-12-20-13-7-9-15-31-20)17-23(35)21-18-32-34-24(27(28,29)30)16-22(33-25(21)34)19-10-4-3-5-11-19/h3-5,7,9-11,13,15,18,22,24,33H,6,8,12,14,16-17H2,1-2H3/t22-,24+/m1/s1. The number of carbonyl (C=O) groups excluding carboxylic acids is 1. The molecule has 1 aliphatic heterocycles. The van der Waals surface area contributed by atoms with Crippen LogP contribution in [-0.2, 0) is 6.42 Å². The van der Waals surface area contributed by atoms with Crippen molar-refractivity contribution in [2.24, 2.45) is 5.41 Å². The third kappa shape index (κ3) is 6.10. The fourth-order valence-corrected chi connectivity index (χ4v) is 4.74. The number of anilines is 1. The summed E-state index contributed by atoms with van der Waals surface area (Å²) in [7, 11) is 0. The molecule has 0 amide bonds. The lowest BCUT2D eigenvalue weighted by Crippen LogP contribution is -2.36. The number of benzene rings is 1. The first-order valence-electron chi connectivity index (χ1n) is 12.0. The number of pyridine rings is 1. The Hall–Kier alpha value is -3.16. The Labute approximate surface area is 203 Å². The number of hydrogen-bond donors (Lipinski definition) is 1. The van der Waals surface area contributed by atoms with Gasteiger partial charge in [-0.3, -0.25) is 9.78 Å². The number of unbranched alkanes of at least 4 members (excludes halogenated alkanes) is 1. The van der Waals surface area contributed by atoms with Crippen LogP contribution in [0.25, 0.3) is 0 Å². The third-order valence-electron chi connectivity index (χ3n) is 6.64. The molecule has 8 heteroatoms. The highest BCUT2D eigenvalue weighted by atomic mass is 19.4. The van der Waals surface area contributed by atoms with Crippen molar-refractivity contribution in [2.75, 3.05) is 5.32 Å². The molecule has 1 aliphatic rings. The topological polar surface area (TPSA) is 59.8 Å². The van der Waals surface area contributed by atoms with E-state index < -0.39 is 18.3 Å². The van der Waals surface area contributed by atoms with E-state index in [0.29, 0.717) is 0 Å². The molecule has 186 valence electrons. The predicted octanol–water partition coefficient (Wildman–Crippen LogP) is 6.95. The molecule has 2 aromatic heterocycles. The van der Waals surface area contributed by atoms with Crippen molar-refractivity contribution < 1.29 is 18.0 Å². The van der Waals surface area contributed by atoms with Crippen molar-refractivity contribution >= 4 is 11.6 Å². The molecule has 0 spiro atoms. The Morgan fingerprint density at radius 2 is 1.83 bits per heavy atom. The molecule has 3 heterocycles. The number of rotatable bonds is 9. The van der Waals surface area contributed by atoms with Crippen molar-refractivity contribution in [1.29, 1.82) is 0 Å². The second kappa shape index (κ2) is 10.2. The van der Waals surface area contributed by atoms with Gasteiger partial charge < -0.3 is 5.32 Å². The number of nitrogens with one attached hydrogen (secondary N) is 1. The van der Waals surface area contributed by atoms with Crippen LogP contribution in [0.2, 0.25) is 0 Å². The highest BCUT2D eigenvalue weighted by Gasteiger charge is 2.47. The summed E-state index contributed by atoms with van der Waals surface area (Å²) in [6.45, 7) is 4.06. The molecule has 0 saturated carbocycles. The molecule has 0 saturated heterocycles. The number of nitrogens with zero attached hydrogens (tertiary/aromatic N) is 3. The zero-order valence-corrected chi connectivity index (χ0v) is 20.1. The molecule has 35 heavy (non-hydrogen) atoms. The van der Waals surface area contributed by atoms with Gasteiger partial charge in [0, 0.05) is 24.7 Å². The number of aryl methyl sites for hydroxylation is 1. The predicted molar refractivity (Wildman–Crippen MR) is 129 cm³/mol. The fourth-order valence-electron chi connectivity index (χ4n) is 4.74. The summed E-state index contributed by atoms with van der Waals surface area (Å²) in [6, 6.07) is 12.5. The number of halogens is 3. The lowest BCUT2D eigenvalue weighted by atomic mass is 9.81. The molecule has 0 radical (unpaired) electrons. The molecule has 3 aromatic rings.